The summed E-state index contributed by atoms with van der Waals surface area (Å²) in [6, 6.07) is 14.8. The summed E-state index contributed by atoms with van der Waals surface area (Å²) in [5.41, 5.74) is 3.53. The number of amides is 1. The van der Waals surface area contributed by atoms with Gasteiger partial charge in [0.1, 0.15) is 0 Å². The Balaban J connectivity index is 1.67. The topological polar surface area (TPSA) is 124 Å². The number of rotatable bonds is 5. The summed E-state index contributed by atoms with van der Waals surface area (Å²) < 4.78 is 4.88. The summed E-state index contributed by atoms with van der Waals surface area (Å²) in [6.07, 6.45) is 1.48. The van der Waals surface area contributed by atoms with E-state index in [2.05, 4.69) is 20.7 Å². The molecule has 0 radical (unpaired) electrons. The number of hydrogen-bond acceptors (Lipinski definition) is 7. The molecule has 0 fully saturated rings. The lowest BCUT2D eigenvalue weighted by atomic mass is 10.2. The fraction of sp³-hybridized carbons (Fsp3) is 0. The van der Waals surface area contributed by atoms with Crippen molar-refractivity contribution in [2.45, 2.75) is 0 Å². The highest BCUT2D eigenvalue weighted by molar-refractivity contribution is 5.91. The molecule has 3 aromatic rings. The van der Waals surface area contributed by atoms with E-state index in [4.69, 9.17) is 4.52 Å². The smallest absolute Gasteiger partial charge is 0.328 e. The number of nitro groups is 1. The number of aromatic nitrogens is 2. The van der Waals surface area contributed by atoms with Crippen LogP contribution in [0.25, 0.3) is 11.4 Å². The van der Waals surface area contributed by atoms with Crippen LogP contribution in [0.15, 0.2) is 64.2 Å². The number of nitro benzene ring substituents is 1. The third kappa shape index (κ3) is 3.91. The quantitative estimate of drug-likeness (QED) is 0.433. The van der Waals surface area contributed by atoms with E-state index in [0.717, 1.165) is 5.56 Å². The Hall–Kier alpha value is -3.88. The van der Waals surface area contributed by atoms with Crippen molar-refractivity contribution < 1.29 is 14.2 Å². The Morgan fingerprint density at radius 1 is 1.16 bits per heavy atom. The third-order valence-corrected chi connectivity index (χ3v) is 3.14. The molecule has 25 heavy (non-hydrogen) atoms. The molecule has 3 rings (SSSR count). The van der Waals surface area contributed by atoms with Crippen molar-refractivity contribution in [3.8, 4) is 11.4 Å². The van der Waals surface area contributed by atoms with Gasteiger partial charge >= 0.3 is 11.8 Å². The van der Waals surface area contributed by atoms with Gasteiger partial charge in [0.25, 0.3) is 5.69 Å². The molecule has 0 unspecified atom stereocenters. The van der Waals surface area contributed by atoms with Gasteiger partial charge < -0.3 is 4.52 Å². The SMILES string of the molecule is O=C(N/N=C/c1ccccc1)c1nc(-c2ccc([N+](=O)[O-])cc2)no1. The number of benzene rings is 2. The van der Waals surface area contributed by atoms with Crippen LogP contribution in [-0.2, 0) is 0 Å². The van der Waals surface area contributed by atoms with E-state index in [-0.39, 0.29) is 17.4 Å². The van der Waals surface area contributed by atoms with Crippen LogP contribution in [0.2, 0.25) is 0 Å². The molecule has 1 aromatic heterocycles. The maximum Gasteiger partial charge on any atom is 0.329 e. The normalized spacial score (nSPS) is 10.7. The third-order valence-electron chi connectivity index (χ3n) is 3.14. The number of non-ortho nitro benzene ring substituents is 1. The molecule has 0 saturated carbocycles. The molecule has 0 saturated heterocycles. The lowest BCUT2D eigenvalue weighted by Gasteiger charge is -1.94. The predicted molar refractivity (Wildman–Crippen MR) is 87.9 cm³/mol. The van der Waals surface area contributed by atoms with Crippen molar-refractivity contribution >= 4 is 17.8 Å². The predicted octanol–water partition coefficient (Wildman–Crippen LogP) is 2.41. The van der Waals surface area contributed by atoms with Gasteiger partial charge in [-0.2, -0.15) is 10.1 Å². The average molecular weight is 337 g/mol. The Labute approximate surface area is 141 Å². The average Bonchev–Trinajstić information content (AvgIpc) is 3.13. The van der Waals surface area contributed by atoms with Gasteiger partial charge in [-0.05, 0) is 17.7 Å². The molecule has 1 amide bonds. The molecule has 1 N–H and O–H groups in total. The lowest BCUT2D eigenvalue weighted by molar-refractivity contribution is -0.384. The maximum atomic E-state index is 11.9. The van der Waals surface area contributed by atoms with Crippen molar-refractivity contribution in [1.82, 2.24) is 15.6 Å². The molecule has 0 aliphatic rings. The van der Waals surface area contributed by atoms with E-state index >= 15 is 0 Å². The Kier molecular flexibility index (Phi) is 4.56. The van der Waals surface area contributed by atoms with Crippen molar-refractivity contribution in [3.05, 3.63) is 76.2 Å². The number of carbonyl (C=O) groups excluding carboxylic acids is 1. The maximum absolute atomic E-state index is 11.9. The Morgan fingerprint density at radius 2 is 1.88 bits per heavy atom. The van der Waals surface area contributed by atoms with Crippen LogP contribution in [-0.4, -0.2) is 27.2 Å². The molecule has 2 aromatic carbocycles. The van der Waals surface area contributed by atoms with Gasteiger partial charge in [-0.1, -0.05) is 35.5 Å². The molecular formula is C16H11N5O4. The van der Waals surface area contributed by atoms with E-state index in [9.17, 15) is 14.9 Å². The number of nitrogens with one attached hydrogen (secondary N) is 1. The Bertz CT molecular complexity index is 919. The monoisotopic (exact) mass is 337 g/mol. The molecular weight excluding hydrogens is 326 g/mol. The van der Waals surface area contributed by atoms with Gasteiger partial charge in [-0.25, -0.2) is 5.43 Å². The highest BCUT2D eigenvalue weighted by atomic mass is 16.6. The van der Waals surface area contributed by atoms with Crippen molar-refractivity contribution in [3.63, 3.8) is 0 Å². The van der Waals surface area contributed by atoms with Crippen molar-refractivity contribution in [2.24, 2.45) is 5.10 Å². The van der Waals surface area contributed by atoms with Crippen LogP contribution in [0.5, 0.6) is 0 Å². The van der Waals surface area contributed by atoms with Crippen LogP contribution in [0.1, 0.15) is 16.2 Å². The fourth-order valence-corrected chi connectivity index (χ4v) is 1.92. The zero-order valence-corrected chi connectivity index (χ0v) is 12.7. The first-order valence-electron chi connectivity index (χ1n) is 7.10. The van der Waals surface area contributed by atoms with Gasteiger partial charge in [0.05, 0.1) is 11.1 Å². The Morgan fingerprint density at radius 3 is 2.56 bits per heavy atom. The van der Waals surface area contributed by atoms with Gasteiger partial charge in [0.2, 0.25) is 5.82 Å². The van der Waals surface area contributed by atoms with E-state index in [1.165, 1.54) is 30.5 Å². The number of nitrogens with zero attached hydrogens (tertiary/aromatic N) is 4. The number of hydrazone groups is 1. The van der Waals surface area contributed by atoms with Crippen LogP contribution in [0.3, 0.4) is 0 Å². The van der Waals surface area contributed by atoms with Crippen molar-refractivity contribution in [2.75, 3.05) is 0 Å². The summed E-state index contributed by atoms with van der Waals surface area (Å²) in [4.78, 5) is 26.0. The molecule has 124 valence electrons. The molecule has 9 heteroatoms. The molecule has 0 aliphatic heterocycles. The van der Waals surface area contributed by atoms with Crippen LogP contribution < -0.4 is 5.43 Å². The van der Waals surface area contributed by atoms with Gasteiger partial charge in [-0.15, -0.1) is 0 Å². The number of carbonyl (C=O) groups is 1. The molecule has 0 aliphatic carbocycles. The highest BCUT2D eigenvalue weighted by Gasteiger charge is 2.16. The van der Waals surface area contributed by atoms with Gasteiger partial charge in [-0.3, -0.25) is 14.9 Å². The standard InChI is InChI=1S/C16H11N5O4/c22-15(19-17-10-11-4-2-1-3-5-11)16-18-14(20-25-16)12-6-8-13(9-7-12)21(23)24/h1-10H,(H,19,22)/b17-10+. The first-order valence-corrected chi connectivity index (χ1v) is 7.10. The fourth-order valence-electron chi connectivity index (χ4n) is 1.92. The van der Waals surface area contributed by atoms with E-state index in [1.54, 1.807) is 0 Å². The minimum absolute atomic E-state index is 0.0551. The minimum atomic E-state index is -0.659. The second-order valence-corrected chi connectivity index (χ2v) is 4.84. The summed E-state index contributed by atoms with van der Waals surface area (Å²) in [5, 5.41) is 18.1. The number of hydrogen-bond donors (Lipinski definition) is 1. The minimum Gasteiger partial charge on any atom is -0.328 e. The molecule has 0 bridgehead atoms. The molecule has 0 spiro atoms. The summed E-state index contributed by atoms with van der Waals surface area (Å²) >= 11 is 0. The molecule has 1 heterocycles. The van der Waals surface area contributed by atoms with E-state index < -0.39 is 10.8 Å². The first kappa shape index (κ1) is 16.0. The van der Waals surface area contributed by atoms with Gasteiger partial charge in [0, 0.05) is 17.7 Å². The summed E-state index contributed by atoms with van der Waals surface area (Å²) in [7, 11) is 0. The van der Waals surface area contributed by atoms with Gasteiger partial charge in [0.15, 0.2) is 0 Å². The molecule has 9 nitrogen and oxygen atoms in total. The zero-order valence-electron chi connectivity index (χ0n) is 12.7. The van der Waals surface area contributed by atoms with Crippen molar-refractivity contribution in [1.29, 1.82) is 0 Å². The van der Waals surface area contributed by atoms with Crippen LogP contribution in [0.4, 0.5) is 5.69 Å². The largest absolute Gasteiger partial charge is 0.329 e. The lowest BCUT2D eigenvalue weighted by Crippen LogP contribution is -2.17. The van der Waals surface area contributed by atoms with Crippen LogP contribution in [0, 0.1) is 10.1 Å². The second kappa shape index (κ2) is 7.13. The van der Waals surface area contributed by atoms with E-state index in [0.29, 0.717) is 5.56 Å². The second-order valence-electron chi connectivity index (χ2n) is 4.84. The summed E-state index contributed by atoms with van der Waals surface area (Å²) in [6.45, 7) is 0. The molecule has 0 atom stereocenters. The van der Waals surface area contributed by atoms with E-state index in [1.807, 2.05) is 30.3 Å². The van der Waals surface area contributed by atoms with Crippen LogP contribution >= 0.6 is 0 Å². The zero-order chi connectivity index (χ0) is 17.6. The first-order chi connectivity index (χ1) is 12.1. The highest BCUT2D eigenvalue weighted by Crippen LogP contribution is 2.19. The summed E-state index contributed by atoms with van der Waals surface area (Å²) in [5.74, 6) is -0.779.